The van der Waals surface area contributed by atoms with Crippen LogP contribution in [-0.2, 0) is 14.8 Å². The van der Waals surface area contributed by atoms with Crippen LogP contribution in [0.25, 0.3) is 15.3 Å². The SMILES string of the molecule is Cc1cc(NC(=O)[C@H]2CCCN2S(=O)(=O)c2cccs2)n(-c2nc3c(F)cccc3s2)n1. The molecule has 1 amide bonds. The first-order valence-corrected chi connectivity index (χ1v) is 13.0. The molecule has 1 aliphatic heterocycles. The van der Waals surface area contributed by atoms with E-state index in [1.807, 2.05) is 0 Å². The van der Waals surface area contributed by atoms with Crippen molar-refractivity contribution in [1.29, 1.82) is 0 Å². The number of fused-ring (bicyclic) bond motifs is 1. The van der Waals surface area contributed by atoms with Crippen molar-refractivity contribution < 1.29 is 17.6 Å². The quantitative estimate of drug-likeness (QED) is 0.458. The summed E-state index contributed by atoms with van der Waals surface area (Å²) in [6.45, 7) is 2.05. The van der Waals surface area contributed by atoms with Crippen molar-refractivity contribution in [1.82, 2.24) is 19.1 Å². The molecule has 0 spiro atoms. The van der Waals surface area contributed by atoms with E-state index < -0.39 is 27.8 Å². The minimum absolute atomic E-state index is 0.217. The molecule has 0 bridgehead atoms. The summed E-state index contributed by atoms with van der Waals surface area (Å²) >= 11 is 2.38. The van der Waals surface area contributed by atoms with E-state index in [0.29, 0.717) is 34.2 Å². The summed E-state index contributed by atoms with van der Waals surface area (Å²) in [6.07, 6.45) is 1.02. The number of nitrogens with one attached hydrogen (secondary N) is 1. The first-order valence-electron chi connectivity index (χ1n) is 9.83. The van der Waals surface area contributed by atoms with Gasteiger partial charge in [0.1, 0.15) is 27.4 Å². The fourth-order valence-electron chi connectivity index (χ4n) is 3.75. The van der Waals surface area contributed by atoms with Gasteiger partial charge >= 0.3 is 0 Å². The second kappa shape index (κ2) is 8.03. The molecule has 5 rings (SSSR count). The third-order valence-corrected chi connectivity index (χ3v) is 9.46. The van der Waals surface area contributed by atoms with Crippen molar-refractivity contribution in [3.63, 3.8) is 0 Å². The van der Waals surface area contributed by atoms with Gasteiger partial charge in [0.15, 0.2) is 0 Å². The molecule has 1 fully saturated rings. The molecular formula is C20H18FN5O3S3. The Balaban J connectivity index is 1.44. The highest BCUT2D eigenvalue weighted by Gasteiger charge is 2.40. The summed E-state index contributed by atoms with van der Waals surface area (Å²) in [6, 6.07) is 8.78. The van der Waals surface area contributed by atoms with Gasteiger partial charge in [-0.3, -0.25) is 4.79 Å². The van der Waals surface area contributed by atoms with Gasteiger partial charge in [0, 0.05) is 12.6 Å². The van der Waals surface area contributed by atoms with Crippen LogP contribution in [0.5, 0.6) is 0 Å². The van der Waals surface area contributed by atoms with E-state index in [1.165, 1.54) is 32.5 Å². The third-order valence-electron chi connectivity index (χ3n) is 5.19. The van der Waals surface area contributed by atoms with E-state index in [1.54, 1.807) is 36.6 Å². The van der Waals surface area contributed by atoms with Crippen LogP contribution in [0.1, 0.15) is 18.5 Å². The molecule has 3 aromatic heterocycles. The van der Waals surface area contributed by atoms with Gasteiger partial charge in [-0.2, -0.15) is 14.1 Å². The number of thiophene rings is 1. The lowest BCUT2D eigenvalue weighted by molar-refractivity contribution is -0.119. The first kappa shape index (κ1) is 21.2. The molecule has 8 nitrogen and oxygen atoms in total. The molecule has 0 unspecified atom stereocenters. The molecule has 4 heterocycles. The Morgan fingerprint density at radius 3 is 2.88 bits per heavy atom. The molecule has 0 aliphatic carbocycles. The fraction of sp³-hybridized carbons (Fsp3) is 0.250. The van der Waals surface area contributed by atoms with Gasteiger partial charge in [-0.1, -0.05) is 23.5 Å². The lowest BCUT2D eigenvalue weighted by Crippen LogP contribution is -2.43. The summed E-state index contributed by atoms with van der Waals surface area (Å²) in [7, 11) is -3.74. The predicted octanol–water partition coefficient (Wildman–Crippen LogP) is 3.78. The van der Waals surface area contributed by atoms with Gasteiger partial charge in [0.05, 0.1) is 10.4 Å². The Morgan fingerprint density at radius 2 is 2.12 bits per heavy atom. The number of thiazole rings is 1. The molecular weight excluding hydrogens is 473 g/mol. The summed E-state index contributed by atoms with van der Waals surface area (Å²) in [5.41, 5.74) is 0.872. The summed E-state index contributed by atoms with van der Waals surface area (Å²) in [4.78, 5) is 17.5. The number of hydrogen-bond acceptors (Lipinski definition) is 7. The van der Waals surface area contributed by atoms with Gasteiger partial charge in [-0.25, -0.2) is 17.8 Å². The number of halogens is 1. The number of anilines is 1. The maximum atomic E-state index is 14.1. The van der Waals surface area contributed by atoms with Crippen molar-refractivity contribution in [3.8, 4) is 5.13 Å². The molecule has 4 aromatic rings. The zero-order valence-corrected chi connectivity index (χ0v) is 19.3. The van der Waals surface area contributed by atoms with Gasteiger partial charge < -0.3 is 5.32 Å². The van der Waals surface area contributed by atoms with Crippen molar-refractivity contribution >= 4 is 54.6 Å². The normalized spacial score (nSPS) is 17.2. The fourth-order valence-corrected chi connectivity index (χ4v) is 7.48. The minimum atomic E-state index is -3.74. The number of rotatable bonds is 5. The minimum Gasteiger partial charge on any atom is -0.309 e. The van der Waals surface area contributed by atoms with E-state index in [9.17, 15) is 17.6 Å². The number of nitrogens with zero attached hydrogens (tertiary/aromatic N) is 4. The number of benzene rings is 1. The average molecular weight is 492 g/mol. The summed E-state index contributed by atoms with van der Waals surface area (Å²) < 4.78 is 43.6. The number of aromatic nitrogens is 3. The smallest absolute Gasteiger partial charge is 0.253 e. The largest absolute Gasteiger partial charge is 0.309 e. The molecule has 1 saturated heterocycles. The second-order valence-corrected chi connectivity index (χ2v) is 11.4. The Morgan fingerprint density at radius 1 is 1.28 bits per heavy atom. The van der Waals surface area contributed by atoms with Gasteiger partial charge in [-0.15, -0.1) is 11.3 Å². The standard InChI is InChI=1S/C20H18FN5O3S3/c1-12-11-16(26(24-12)20-23-18-13(21)5-2-7-15(18)31-20)22-19(27)14-6-3-9-25(14)32(28,29)17-8-4-10-30-17/h2,4-5,7-8,10-11,14H,3,6,9H2,1H3,(H,22,27)/t14-/m1/s1. The summed E-state index contributed by atoms with van der Waals surface area (Å²) in [5, 5.41) is 9.30. The van der Waals surface area contributed by atoms with Crippen LogP contribution in [-0.4, -0.2) is 46.0 Å². The highest BCUT2D eigenvalue weighted by Crippen LogP contribution is 2.31. The van der Waals surface area contributed by atoms with Crippen molar-refractivity contribution in [2.75, 3.05) is 11.9 Å². The van der Waals surface area contributed by atoms with Crippen LogP contribution in [0.15, 0.2) is 46.0 Å². The molecule has 0 saturated carbocycles. The number of amides is 1. The van der Waals surface area contributed by atoms with Crippen LogP contribution in [0.4, 0.5) is 10.2 Å². The Kier molecular flexibility index (Phi) is 5.32. The van der Waals surface area contributed by atoms with Crippen LogP contribution >= 0.6 is 22.7 Å². The number of carbonyl (C=O) groups excluding carboxylic acids is 1. The Labute approximate surface area is 191 Å². The third kappa shape index (κ3) is 3.62. The molecule has 1 N–H and O–H groups in total. The van der Waals surface area contributed by atoms with Crippen LogP contribution in [0.3, 0.4) is 0 Å². The monoisotopic (exact) mass is 491 g/mol. The maximum absolute atomic E-state index is 14.1. The zero-order chi connectivity index (χ0) is 22.5. The lowest BCUT2D eigenvalue weighted by Gasteiger charge is -2.22. The molecule has 32 heavy (non-hydrogen) atoms. The topological polar surface area (TPSA) is 97.2 Å². The zero-order valence-electron chi connectivity index (χ0n) is 16.9. The van der Waals surface area contributed by atoms with Crippen LogP contribution in [0, 0.1) is 12.7 Å². The van der Waals surface area contributed by atoms with Crippen molar-refractivity contribution in [2.24, 2.45) is 0 Å². The van der Waals surface area contributed by atoms with E-state index >= 15 is 0 Å². The van der Waals surface area contributed by atoms with Crippen molar-refractivity contribution in [3.05, 3.63) is 53.3 Å². The Hall–Kier alpha value is -2.67. The van der Waals surface area contributed by atoms with Gasteiger partial charge in [0.25, 0.3) is 10.0 Å². The Bertz CT molecular complexity index is 1410. The van der Waals surface area contributed by atoms with E-state index in [-0.39, 0.29) is 16.3 Å². The van der Waals surface area contributed by atoms with E-state index in [2.05, 4.69) is 15.4 Å². The first-order chi connectivity index (χ1) is 15.3. The number of aryl methyl sites for hydroxylation is 1. The van der Waals surface area contributed by atoms with Gasteiger partial charge in [-0.05, 0) is 43.3 Å². The second-order valence-electron chi connectivity index (χ2n) is 7.36. The van der Waals surface area contributed by atoms with E-state index in [4.69, 9.17) is 0 Å². The molecule has 1 aromatic carbocycles. The highest BCUT2D eigenvalue weighted by molar-refractivity contribution is 7.91. The molecule has 166 valence electrons. The molecule has 0 radical (unpaired) electrons. The number of para-hydroxylation sites is 1. The highest BCUT2D eigenvalue weighted by atomic mass is 32.2. The maximum Gasteiger partial charge on any atom is 0.253 e. The van der Waals surface area contributed by atoms with Gasteiger partial charge in [0.2, 0.25) is 11.0 Å². The molecule has 1 aliphatic rings. The van der Waals surface area contributed by atoms with Crippen molar-refractivity contribution in [2.45, 2.75) is 30.0 Å². The van der Waals surface area contributed by atoms with Crippen LogP contribution in [0.2, 0.25) is 0 Å². The number of hydrogen-bond donors (Lipinski definition) is 1. The average Bonchev–Trinajstić information content (AvgIpc) is 3.53. The van der Waals surface area contributed by atoms with Crippen LogP contribution < -0.4 is 5.32 Å². The molecule has 1 atom stereocenters. The number of carbonyl (C=O) groups is 1. The van der Waals surface area contributed by atoms with E-state index in [0.717, 1.165) is 11.3 Å². The number of sulfonamides is 1. The summed E-state index contributed by atoms with van der Waals surface area (Å²) in [5.74, 6) is -0.511. The lowest BCUT2D eigenvalue weighted by atomic mass is 10.2. The predicted molar refractivity (Wildman–Crippen MR) is 121 cm³/mol. The molecule has 12 heteroatoms.